The lowest BCUT2D eigenvalue weighted by Crippen LogP contribution is -2.61. The number of phenols is 2. The molecular weight excluding hydrogens is 672 g/mol. The molecule has 4 aliphatic rings. The molecule has 1 saturated heterocycles. The second kappa shape index (κ2) is 14.8. The van der Waals surface area contributed by atoms with Crippen LogP contribution in [-0.4, -0.2) is 107 Å². The highest BCUT2D eigenvalue weighted by Gasteiger charge is 2.60. The zero-order valence-corrected chi connectivity index (χ0v) is 29.2. The summed E-state index contributed by atoms with van der Waals surface area (Å²) in [6.45, 7) is 6.72. The molecule has 1 aromatic carbocycles. The van der Waals surface area contributed by atoms with Gasteiger partial charge in [0.25, 0.3) is 0 Å². The highest BCUT2D eigenvalue weighted by molar-refractivity contribution is 5.92. The Balaban J connectivity index is 1.35. The van der Waals surface area contributed by atoms with Crippen molar-refractivity contribution in [1.29, 1.82) is 0 Å². The van der Waals surface area contributed by atoms with Crippen LogP contribution < -0.4 is 4.74 Å². The average molecular weight is 719 g/mol. The fourth-order valence-corrected chi connectivity index (χ4v) is 8.44. The summed E-state index contributed by atoms with van der Waals surface area (Å²) in [5.74, 6) is -4.49. The van der Waals surface area contributed by atoms with Crippen molar-refractivity contribution in [3.8, 4) is 17.2 Å². The van der Waals surface area contributed by atoms with Crippen molar-refractivity contribution in [3.05, 3.63) is 41.0 Å². The van der Waals surface area contributed by atoms with Crippen molar-refractivity contribution in [3.63, 3.8) is 0 Å². The van der Waals surface area contributed by atoms with E-state index in [1.165, 1.54) is 14.0 Å². The van der Waals surface area contributed by atoms with Crippen molar-refractivity contribution < 1.29 is 73.1 Å². The topological polar surface area (TPSA) is 225 Å². The van der Waals surface area contributed by atoms with E-state index in [2.05, 4.69) is 6.92 Å². The van der Waals surface area contributed by atoms with Gasteiger partial charge in [-0.05, 0) is 67.6 Å². The molecule has 280 valence electrons. The van der Waals surface area contributed by atoms with Gasteiger partial charge in [-0.25, -0.2) is 14.4 Å². The molecule has 1 saturated carbocycles. The van der Waals surface area contributed by atoms with E-state index in [9.17, 15) is 44.7 Å². The number of benzene rings is 1. The molecule has 2 aliphatic carbocycles. The van der Waals surface area contributed by atoms with Gasteiger partial charge in [0.1, 0.15) is 31.0 Å². The number of cyclic esters (lactones) is 1. The normalized spacial score (nSPS) is 34.7. The first-order valence-electron chi connectivity index (χ1n) is 16.9. The molecule has 0 amide bonds. The number of aliphatic hydroxyl groups excluding tert-OH is 3. The molecule has 2 fully saturated rings. The van der Waals surface area contributed by atoms with Gasteiger partial charge in [0.05, 0.1) is 19.3 Å². The Morgan fingerprint density at radius 1 is 1.00 bits per heavy atom. The third kappa shape index (κ3) is 7.16. The summed E-state index contributed by atoms with van der Waals surface area (Å²) in [6, 6.07) is 1.92. The molecule has 0 spiro atoms. The largest absolute Gasteiger partial charge is 0.504 e. The zero-order chi connectivity index (χ0) is 37.4. The molecule has 51 heavy (non-hydrogen) atoms. The van der Waals surface area contributed by atoms with E-state index in [-0.39, 0.29) is 41.3 Å². The fraction of sp³-hybridized carbons (Fsp3) is 0.611. The molecule has 10 atom stereocenters. The van der Waals surface area contributed by atoms with Gasteiger partial charge in [-0.2, -0.15) is 0 Å². The van der Waals surface area contributed by atoms with Crippen LogP contribution in [0.3, 0.4) is 0 Å². The second-order valence-electron chi connectivity index (χ2n) is 14.2. The van der Waals surface area contributed by atoms with Crippen LogP contribution in [0.4, 0.5) is 0 Å². The van der Waals surface area contributed by atoms with Crippen LogP contribution in [-0.2, 0) is 38.1 Å². The predicted molar refractivity (Wildman–Crippen MR) is 174 cm³/mol. The summed E-state index contributed by atoms with van der Waals surface area (Å²) in [4.78, 5) is 51.4. The SMILES string of the molecule is COc1c(O)cc(C(=O)O[C@H]2[C@H](O)[C@@H](O)[C@H](OC(=O)C3=CCC[C@@H]4[C@@](C)(CCC5=CCOC5=O)[C@H](C)[C@@H](OC(C)=O)C[C@@]34C)O[C@@H]2CO)cc1O. The number of esters is 4. The van der Waals surface area contributed by atoms with Crippen LogP contribution in [0.5, 0.6) is 17.2 Å². The van der Waals surface area contributed by atoms with Gasteiger partial charge in [0.15, 0.2) is 17.6 Å². The molecule has 2 heterocycles. The minimum atomic E-state index is -1.93. The minimum Gasteiger partial charge on any atom is -0.504 e. The Morgan fingerprint density at radius 3 is 2.27 bits per heavy atom. The zero-order valence-electron chi connectivity index (χ0n) is 29.2. The van der Waals surface area contributed by atoms with Gasteiger partial charge in [-0.3, -0.25) is 4.79 Å². The van der Waals surface area contributed by atoms with Gasteiger partial charge in [-0.15, -0.1) is 0 Å². The third-order valence-corrected chi connectivity index (χ3v) is 11.3. The lowest BCUT2D eigenvalue weighted by atomic mass is 9.46. The van der Waals surface area contributed by atoms with Crippen molar-refractivity contribution in [2.45, 2.75) is 96.6 Å². The maximum absolute atomic E-state index is 14.0. The lowest BCUT2D eigenvalue weighted by molar-refractivity contribution is -0.291. The Kier molecular flexibility index (Phi) is 11.1. The van der Waals surface area contributed by atoms with Crippen molar-refractivity contribution in [1.82, 2.24) is 0 Å². The maximum atomic E-state index is 14.0. The molecule has 5 N–H and O–H groups in total. The van der Waals surface area contributed by atoms with E-state index < -0.39 is 83.7 Å². The van der Waals surface area contributed by atoms with Gasteiger partial charge in [-0.1, -0.05) is 26.8 Å². The number of hydrogen-bond donors (Lipinski definition) is 5. The molecule has 1 aromatic rings. The average Bonchev–Trinajstić information content (AvgIpc) is 3.49. The summed E-state index contributed by atoms with van der Waals surface area (Å²) in [6.07, 6.45) is -3.27. The van der Waals surface area contributed by atoms with Crippen molar-refractivity contribution in [2.24, 2.45) is 22.7 Å². The highest BCUT2D eigenvalue weighted by atomic mass is 16.7. The molecule has 0 aromatic heterocycles. The van der Waals surface area contributed by atoms with Crippen LogP contribution in [0.15, 0.2) is 35.4 Å². The van der Waals surface area contributed by atoms with Crippen LogP contribution in [0, 0.1) is 22.7 Å². The summed E-state index contributed by atoms with van der Waals surface area (Å²) >= 11 is 0. The van der Waals surface area contributed by atoms with E-state index in [4.69, 9.17) is 28.4 Å². The number of ether oxygens (including phenoxy) is 6. The first-order valence-corrected chi connectivity index (χ1v) is 16.9. The molecule has 0 bridgehead atoms. The Labute approximate surface area is 294 Å². The number of carbonyl (C=O) groups is 4. The van der Waals surface area contributed by atoms with Crippen molar-refractivity contribution >= 4 is 23.9 Å². The van der Waals surface area contributed by atoms with Crippen molar-refractivity contribution in [2.75, 3.05) is 20.3 Å². The number of methoxy groups -OCH3 is 1. The van der Waals surface area contributed by atoms with Gasteiger partial charge >= 0.3 is 23.9 Å². The number of phenolic OH excluding ortho intramolecular Hbond substituents is 2. The summed E-state index contributed by atoms with van der Waals surface area (Å²) in [5, 5.41) is 52.3. The fourth-order valence-electron chi connectivity index (χ4n) is 8.44. The molecule has 15 heteroatoms. The minimum absolute atomic E-state index is 0.119. The van der Waals surface area contributed by atoms with Crippen LogP contribution >= 0.6 is 0 Å². The highest BCUT2D eigenvalue weighted by Crippen LogP contribution is 2.63. The van der Waals surface area contributed by atoms with Crippen LogP contribution in [0.2, 0.25) is 0 Å². The van der Waals surface area contributed by atoms with E-state index in [1.54, 1.807) is 12.2 Å². The number of aromatic hydroxyl groups is 2. The summed E-state index contributed by atoms with van der Waals surface area (Å²) < 4.78 is 32.4. The van der Waals surface area contributed by atoms with Crippen LogP contribution in [0.25, 0.3) is 0 Å². The Hall–Kier alpha value is -4.18. The molecule has 5 rings (SSSR count). The molecule has 2 aliphatic heterocycles. The predicted octanol–water partition coefficient (Wildman–Crippen LogP) is 2.20. The van der Waals surface area contributed by atoms with Gasteiger partial charge in [0.2, 0.25) is 12.0 Å². The molecule has 15 nitrogen and oxygen atoms in total. The van der Waals surface area contributed by atoms with E-state index in [1.807, 2.05) is 13.8 Å². The van der Waals surface area contributed by atoms with E-state index in [0.717, 1.165) is 12.1 Å². The smallest absolute Gasteiger partial charge is 0.338 e. The number of allylic oxidation sites excluding steroid dienone is 1. The monoisotopic (exact) mass is 718 g/mol. The van der Waals surface area contributed by atoms with Gasteiger partial charge in [0, 0.05) is 23.5 Å². The molecular formula is C36H46O15. The first-order chi connectivity index (χ1) is 24.0. The van der Waals surface area contributed by atoms with Gasteiger partial charge < -0.3 is 54.0 Å². The number of rotatable bonds is 10. The Bertz CT molecular complexity index is 1580. The lowest BCUT2D eigenvalue weighted by Gasteiger charge is -2.59. The number of carbonyl (C=O) groups excluding carboxylic acids is 4. The first kappa shape index (κ1) is 38.1. The number of aliphatic hydroxyl groups is 3. The van der Waals surface area contributed by atoms with E-state index >= 15 is 0 Å². The summed E-state index contributed by atoms with van der Waals surface area (Å²) in [7, 11) is 1.20. The van der Waals surface area contributed by atoms with E-state index in [0.29, 0.717) is 37.7 Å². The molecule has 0 radical (unpaired) electrons. The molecule has 0 unspecified atom stereocenters. The number of fused-ring (bicyclic) bond motifs is 1. The number of hydrogen-bond acceptors (Lipinski definition) is 15. The van der Waals surface area contributed by atoms with Crippen LogP contribution in [0.1, 0.15) is 70.2 Å². The standard InChI is InChI=1S/C36H46O15/c1-17-24(48-18(2)38)15-36(4)21(7-6-8-26(36)35(17,3)11-9-19-10-12-47-31(19)43)33(45)51-34-28(42)27(41)30(25(16-37)49-34)50-32(44)20-13-22(39)29(46-5)23(40)14-20/h7,10,13-14,17,24-28,30,34,37,39-42H,6,8-9,11-12,15-16H2,1-5H3/t17-,24+,25-,26-,27-,28-,30-,34+,35+,36+/m1/s1. The Morgan fingerprint density at radius 2 is 1.69 bits per heavy atom. The maximum Gasteiger partial charge on any atom is 0.338 e. The summed E-state index contributed by atoms with van der Waals surface area (Å²) in [5.41, 5.74) is -0.874. The third-order valence-electron chi connectivity index (χ3n) is 11.3. The quantitative estimate of drug-likeness (QED) is 0.173. The second-order valence-corrected chi connectivity index (χ2v) is 14.2.